The minimum absolute atomic E-state index is 0.162. The average molecular weight is 353 g/mol. The second-order valence-corrected chi connectivity index (χ2v) is 6.31. The predicted octanol–water partition coefficient (Wildman–Crippen LogP) is 2.16. The lowest BCUT2D eigenvalue weighted by Crippen LogP contribution is -2.45. The highest BCUT2D eigenvalue weighted by atomic mass is 16.5. The summed E-state index contributed by atoms with van der Waals surface area (Å²) in [5, 5.41) is 2.78. The van der Waals surface area contributed by atoms with Crippen molar-refractivity contribution in [3.05, 3.63) is 60.2 Å². The number of nitrogens with two attached hydrogens (primary N) is 1. The van der Waals surface area contributed by atoms with Gasteiger partial charge < -0.3 is 20.7 Å². The Morgan fingerprint density at radius 1 is 1.15 bits per heavy atom. The molecule has 1 aliphatic heterocycles. The van der Waals surface area contributed by atoms with Crippen molar-refractivity contribution in [2.75, 3.05) is 13.1 Å². The average Bonchev–Trinajstić information content (AvgIpc) is 3.04. The third kappa shape index (κ3) is 4.03. The third-order valence-electron chi connectivity index (χ3n) is 4.31. The molecule has 2 atom stereocenters. The maximum Gasteiger partial charge on any atom is 0.254 e. The van der Waals surface area contributed by atoms with E-state index in [-0.39, 0.29) is 17.9 Å². The van der Waals surface area contributed by atoms with E-state index >= 15 is 0 Å². The summed E-state index contributed by atoms with van der Waals surface area (Å²) in [5.74, 6) is 0.888. The smallest absolute Gasteiger partial charge is 0.254 e. The zero-order chi connectivity index (χ0) is 18.5. The first-order valence-corrected chi connectivity index (χ1v) is 8.75. The van der Waals surface area contributed by atoms with E-state index in [4.69, 9.17) is 10.5 Å². The third-order valence-corrected chi connectivity index (χ3v) is 4.31. The SMILES string of the molecule is CCNC(=O)[C@@H]1C[C@H](N)CN1C(=O)c1cccc(Oc2ccccc2)c1. The van der Waals surface area contributed by atoms with Crippen LogP contribution in [0.4, 0.5) is 0 Å². The molecule has 1 fully saturated rings. The molecular formula is C20H23N3O3. The van der Waals surface area contributed by atoms with Crippen molar-refractivity contribution < 1.29 is 14.3 Å². The van der Waals surface area contributed by atoms with Crippen LogP contribution < -0.4 is 15.8 Å². The van der Waals surface area contributed by atoms with E-state index in [0.717, 1.165) is 0 Å². The summed E-state index contributed by atoms with van der Waals surface area (Å²) in [6.45, 7) is 2.74. The Kier molecular flexibility index (Phi) is 5.53. The van der Waals surface area contributed by atoms with Crippen LogP contribution in [0.25, 0.3) is 0 Å². The molecule has 2 amide bonds. The molecule has 0 spiro atoms. The molecule has 0 aliphatic carbocycles. The highest BCUT2D eigenvalue weighted by molar-refractivity contribution is 5.98. The first kappa shape index (κ1) is 17.9. The van der Waals surface area contributed by atoms with Gasteiger partial charge in [-0.15, -0.1) is 0 Å². The van der Waals surface area contributed by atoms with Gasteiger partial charge in [0.2, 0.25) is 5.91 Å². The van der Waals surface area contributed by atoms with E-state index in [1.54, 1.807) is 29.2 Å². The number of rotatable bonds is 5. The van der Waals surface area contributed by atoms with Crippen molar-refractivity contribution in [1.29, 1.82) is 0 Å². The largest absolute Gasteiger partial charge is 0.457 e. The van der Waals surface area contributed by atoms with Gasteiger partial charge >= 0.3 is 0 Å². The number of benzene rings is 2. The maximum absolute atomic E-state index is 13.0. The number of likely N-dealkylation sites (N-methyl/N-ethyl adjacent to an activating group) is 1. The van der Waals surface area contributed by atoms with Crippen molar-refractivity contribution in [3.8, 4) is 11.5 Å². The van der Waals surface area contributed by atoms with Crippen molar-refractivity contribution in [2.24, 2.45) is 5.73 Å². The van der Waals surface area contributed by atoms with E-state index < -0.39 is 6.04 Å². The van der Waals surface area contributed by atoms with Gasteiger partial charge in [-0.2, -0.15) is 0 Å². The number of ether oxygens (including phenoxy) is 1. The molecule has 0 unspecified atom stereocenters. The molecule has 0 bridgehead atoms. The number of amides is 2. The predicted molar refractivity (Wildman–Crippen MR) is 99.1 cm³/mol. The fourth-order valence-corrected chi connectivity index (χ4v) is 3.12. The van der Waals surface area contributed by atoms with E-state index in [1.165, 1.54) is 0 Å². The molecule has 0 aromatic heterocycles. The molecule has 3 rings (SSSR count). The maximum atomic E-state index is 13.0. The van der Waals surface area contributed by atoms with E-state index in [2.05, 4.69) is 5.32 Å². The Morgan fingerprint density at radius 3 is 2.62 bits per heavy atom. The van der Waals surface area contributed by atoms with Crippen LogP contribution in [0.3, 0.4) is 0 Å². The lowest BCUT2D eigenvalue weighted by molar-refractivity contribution is -0.124. The van der Waals surface area contributed by atoms with Gasteiger partial charge in [0, 0.05) is 24.7 Å². The van der Waals surface area contributed by atoms with Crippen LogP contribution in [0, 0.1) is 0 Å². The fraction of sp³-hybridized carbons (Fsp3) is 0.300. The van der Waals surface area contributed by atoms with Gasteiger partial charge in [0.15, 0.2) is 0 Å². The summed E-state index contributed by atoms with van der Waals surface area (Å²) in [6, 6.07) is 15.6. The first-order chi connectivity index (χ1) is 12.6. The topological polar surface area (TPSA) is 84.7 Å². The minimum Gasteiger partial charge on any atom is -0.457 e. The van der Waals surface area contributed by atoms with E-state index in [1.807, 2.05) is 37.3 Å². The zero-order valence-electron chi connectivity index (χ0n) is 14.7. The summed E-state index contributed by atoms with van der Waals surface area (Å²) in [5.41, 5.74) is 6.47. The molecule has 2 aromatic carbocycles. The molecule has 1 heterocycles. The van der Waals surface area contributed by atoms with Crippen LogP contribution in [0.5, 0.6) is 11.5 Å². The molecule has 1 aliphatic rings. The molecule has 136 valence electrons. The second-order valence-electron chi connectivity index (χ2n) is 6.31. The second kappa shape index (κ2) is 8.01. The highest BCUT2D eigenvalue weighted by Gasteiger charge is 2.38. The molecule has 0 saturated carbocycles. The fourth-order valence-electron chi connectivity index (χ4n) is 3.12. The van der Waals surface area contributed by atoms with Crippen molar-refractivity contribution >= 4 is 11.8 Å². The summed E-state index contributed by atoms with van der Waals surface area (Å²) in [7, 11) is 0. The number of para-hydroxylation sites is 1. The molecular weight excluding hydrogens is 330 g/mol. The monoisotopic (exact) mass is 353 g/mol. The number of nitrogens with one attached hydrogen (secondary N) is 1. The van der Waals surface area contributed by atoms with E-state index in [9.17, 15) is 9.59 Å². The minimum atomic E-state index is -0.531. The van der Waals surface area contributed by atoms with Gasteiger partial charge in [0.05, 0.1) is 0 Å². The first-order valence-electron chi connectivity index (χ1n) is 8.75. The van der Waals surface area contributed by atoms with Crippen LogP contribution >= 0.6 is 0 Å². The Morgan fingerprint density at radius 2 is 1.88 bits per heavy atom. The number of hydrogen-bond donors (Lipinski definition) is 2. The van der Waals surface area contributed by atoms with Gasteiger partial charge in [-0.05, 0) is 43.7 Å². The molecule has 6 nitrogen and oxygen atoms in total. The molecule has 0 radical (unpaired) electrons. The summed E-state index contributed by atoms with van der Waals surface area (Å²) >= 11 is 0. The highest BCUT2D eigenvalue weighted by Crippen LogP contribution is 2.25. The quantitative estimate of drug-likeness (QED) is 0.863. The summed E-state index contributed by atoms with van der Waals surface area (Å²) in [4.78, 5) is 26.8. The Bertz CT molecular complexity index is 779. The van der Waals surface area contributed by atoms with Gasteiger partial charge in [-0.25, -0.2) is 0 Å². The summed E-state index contributed by atoms with van der Waals surface area (Å²) in [6.07, 6.45) is 0.470. The Balaban J connectivity index is 1.78. The van der Waals surface area contributed by atoms with Crippen LogP contribution in [0.1, 0.15) is 23.7 Å². The Hall–Kier alpha value is -2.86. The molecule has 1 saturated heterocycles. The number of carbonyl (C=O) groups is 2. The number of hydrogen-bond acceptors (Lipinski definition) is 4. The molecule has 2 aromatic rings. The lowest BCUT2D eigenvalue weighted by atomic mass is 10.1. The van der Waals surface area contributed by atoms with Crippen LogP contribution in [0.15, 0.2) is 54.6 Å². The van der Waals surface area contributed by atoms with Gasteiger partial charge in [-0.1, -0.05) is 24.3 Å². The van der Waals surface area contributed by atoms with Crippen LogP contribution in [-0.4, -0.2) is 41.9 Å². The summed E-state index contributed by atoms with van der Waals surface area (Å²) < 4.78 is 5.79. The van der Waals surface area contributed by atoms with Gasteiger partial charge in [0.1, 0.15) is 17.5 Å². The molecule has 6 heteroatoms. The zero-order valence-corrected chi connectivity index (χ0v) is 14.7. The van der Waals surface area contributed by atoms with Crippen LogP contribution in [-0.2, 0) is 4.79 Å². The van der Waals surface area contributed by atoms with E-state index in [0.29, 0.717) is 36.6 Å². The molecule has 3 N–H and O–H groups in total. The molecule has 26 heavy (non-hydrogen) atoms. The number of carbonyl (C=O) groups excluding carboxylic acids is 2. The Labute approximate surface area is 152 Å². The number of likely N-dealkylation sites (tertiary alicyclic amines) is 1. The number of nitrogens with zero attached hydrogens (tertiary/aromatic N) is 1. The normalized spacial score (nSPS) is 19.2. The van der Waals surface area contributed by atoms with Gasteiger partial charge in [0.25, 0.3) is 5.91 Å². The van der Waals surface area contributed by atoms with Crippen molar-refractivity contribution in [3.63, 3.8) is 0 Å². The van der Waals surface area contributed by atoms with Crippen LogP contribution in [0.2, 0.25) is 0 Å². The lowest BCUT2D eigenvalue weighted by Gasteiger charge is -2.23. The van der Waals surface area contributed by atoms with Crippen molar-refractivity contribution in [2.45, 2.75) is 25.4 Å². The van der Waals surface area contributed by atoms with Crippen molar-refractivity contribution in [1.82, 2.24) is 10.2 Å². The van der Waals surface area contributed by atoms with Gasteiger partial charge in [-0.3, -0.25) is 9.59 Å². The standard InChI is InChI=1S/C20H23N3O3/c1-2-22-19(24)18-12-15(21)13-23(18)20(25)14-7-6-10-17(11-14)26-16-8-4-3-5-9-16/h3-11,15,18H,2,12-13,21H2,1H3,(H,22,24)/t15-,18-/m0/s1.